The van der Waals surface area contributed by atoms with E-state index in [4.69, 9.17) is 4.74 Å². The minimum atomic E-state index is -0.405. The van der Waals surface area contributed by atoms with E-state index in [0.717, 1.165) is 11.1 Å². The van der Waals surface area contributed by atoms with Crippen molar-refractivity contribution in [2.24, 2.45) is 0 Å². The topological polar surface area (TPSA) is 52.4 Å². The minimum absolute atomic E-state index is 0.0935. The molecule has 0 fully saturated rings. The van der Waals surface area contributed by atoms with Crippen molar-refractivity contribution in [1.29, 1.82) is 0 Å². The smallest absolute Gasteiger partial charge is 0.270 e. The minimum Gasteiger partial charge on any atom is -0.489 e. The van der Waals surface area contributed by atoms with Gasteiger partial charge in [-0.1, -0.05) is 12.7 Å². The Morgan fingerprint density at radius 2 is 2.00 bits per heavy atom. The van der Waals surface area contributed by atoms with Crippen LogP contribution in [-0.4, -0.2) is 11.5 Å². The van der Waals surface area contributed by atoms with Crippen molar-refractivity contribution < 1.29 is 9.66 Å². The molecule has 0 unspecified atom stereocenters. The number of nitro benzene ring substituents is 1. The summed E-state index contributed by atoms with van der Waals surface area (Å²) in [7, 11) is 0. The van der Waals surface area contributed by atoms with Crippen LogP contribution in [0.5, 0.6) is 5.75 Å². The molecule has 0 aliphatic heterocycles. The van der Waals surface area contributed by atoms with Gasteiger partial charge in [0, 0.05) is 12.1 Å². The molecule has 0 bridgehead atoms. The molecule has 0 aromatic heterocycles. The quantitative estimate of drug-likeness (QED) is 0.433. The van der Waals surface area contributed by atoms with Gasteiger partial charge >= 0.3 is 0 Å². The first-order chi connectivity index (χ1) is 7.06. The molecule has 80 valence electrons. The van der Waals surface area contributed by atoms with Gasteiger partial charge in [-0.2, -0.15) is 0 Å². The zero-order valence-electron chi connectivity index (χ0n) is 8.82. The number of benzene rings is 1. The van der Waals surface area contributed by atoms with Crippen LogP contribution in [-0.2, 0) is 0 Å². The molecule has 0 aliphatic carbocycles. The van der Waals surface area contributed by atoms with Crippen LogP contribution in [0.25, 0.3) is 0 Å². The van der Waals surface area contributed by atoms with E-state index in [1.54, 1.807) is 19.9 Å². The lowest BCUT2D eigenvalue weighted by Crippen LogP contribution is -1.99. The fraction of sp³-hybridized carbons (Fsp3) is 0.273. The molecule has 4 heteroatoms. The molecule has 0 heterocycles. The van der Waals surface area contributed by atoms with E-state index in [9.17, 15) is 10.1 Å². The number of ether oxygens (including phenoxy) is 1. The van der Waals surface area contributed by atoms with Crippen LogP contribution in [0.3, 0.4) is 0 Å². The van der Waals surface area contributed by atoms with Crippen molar-refractivity contribution in [2.45, 2.75) is 13.8 Å². The zero-order chi connectivity index (χ0) is 11.4. The molecule has 1 rings (SSSR count). The van der Waals surface area contributed by atoms with Crippen LogP contribution >= 0.6 is 0 Å². The molecule has 0 saturated carbocycles. The van der Waals surface area contributed by atoms with Crippen molar-refractivity contribution in [1.82, 2.24) is 0 Å². The first-order valence-electron chi connectivity index (χ1n) is 4.55. The van der Waals surface area contributed by atoms with E-state index < -0.39 is 4.92 Å². The van der Waals surface area contributed by atoms with Gasteiger partial charge in [0.05, 0.1) is 4.92 Å². The van der Waals surface area contributed by atoms with Crippen molar-refractivity contribution in [2.75, 3.05) is 6.61 Å². The summed E-state index contributed by atoms with van der Waals surface area (Å²) in [4.78, 5) is 10.2. The van der Waals surface area contributed by atoms with E-state index in [1.165, 1.54) is 12.1 Å². The van der Waals surface area contributed by atoms with Gasteiger partial charge in [-0.05, 0) is 25.0 Å². The summed E-state index contributed by atoms with van der Waals surface area (Å²) in [5.74, 6) is 0.695. The molecular weight excluding hydrogens is 194 g/mol. The molecule has 0 saturated heterocycles. The monoisotopic (exact) mass is 207 g/mol. The highest BCUT2D eigenvalue weighted by molar-refractivity contribution is 5.48. The van der Waals surface area contributed by atoms with Gasteiger partial charge in [0.1, 0.15) is 12.4 Å². The summed E-state index contributed by atoms with van der Waals surface area (Å²) in [6.07, 6.45) is 1.64. The van der Waals surface area contributed by atoms with Gasteiger partial charge in [0.15, 0.2) is 0 Å². The Labute approximate surface area is 88.3 Å². The number of non-ortho nitro benzene ring substituents is 1. The molecule has 0 spiro atoms. The molecule has 0 N–H and O–H groups in total. The molecule has 0 radical (unpaired) electrons. The summed E-state index contributed by atoms with van der Waals surface area (Å²) in [6, 6.07) is 3.01. The third kappa shape index (κ3) is 2.56. The lowest BCUT2D eigenvalue weighted by atomic mass is 10.1. The second kappa shape index (κ2) is 4.59. The Hall–Kier alpha value is -1.84. The van der Waals surface area contributed by atoms with E-state index in [1.807, 2.05) is 0 Å². The van der Waals surface area contributed by atoms with Gasteiger partial charge in [-0.15, -0.1) is 0 Å². The Bertz CT molecular complexity index is 376. The molecule has 15 heavy (non-hydrogen) atoms. The maximum absolute atomic E-state index is 10.6. The maximum atomic E-state index is 10.6. The fourth-order valence-corrected chi connectivity index (χ4v) is 1.40. The van der Waals surface area contributed by atoms with Crippen molar-refractivity contribution in [3.8, 4) is 5.75 Å². The fourth-order valence-electron chi connectivity index (χ4n) is 1.40. The zero-order valence-corrected chi connectivity index (χ0v) is 8.82. The molecule has 1 aromatic carbocycles. The van der Waals surface area contributed by atoms with Crippen molar-refractivity contribution >= 4 is 5.69 Å². The first kappa shape index (κ1) is 11.2. The van der Waals surface area contributed by atoms with Crippen LogP contribution in [0.1, 0.15) is 11.1 Å². The largest absolute Gasteiger partial charge is 0.489 e. The molecule has 0 aliphatic rings. The summed E-state index contributed by atoms with van der Waals surface area (Å²) >= 11 is 0. The van der Waals surface area contributed by atoms with E-state index in [0.29, 0.717) is 12.4 Å². The lowest BCUT2D eigenvalue weighted by molar-refractivity contribution is -0.385. The van der Waals surface area contributed by atoms with Crippen LogP contribution in [0, 0.1) is 24.0 Å². The lowest BCUT2D eigenvalue weighted by Gasteiger charge is -2.09. The maximum Gasteiger partial charge on any atom is 0.270 e. The predicted octanol–water partition coefficient (Wildman–Crippen LogP) is 2.78. The Balaban J connectivity index is 3.09. The first-order valence-corrected chi connectivity index (χ1v) is 4.55. The van der Waals surface area contributed by atoms with Crippen LogP contribution in [0.2, 0.25) is 0 Å². The van der Waals surface area contributed by atoms with Gasteiger partial charge < -0.3 is 4.74 Å². The van der Waals surface area contributed by atoms with E-state index in [2.05, 4.69) is 6.58 Å². The summed E-state index contributed by atoms with van der Waals surface area (Å²) in [5, 5.41) is 10.6. The molecule has 0 amide bonds. The average Bonchev–Trinajstić information content (AvgIpc) is 2.16. The highest BCUT2D eigenvalue weighted by Crippen LogP contribution is 2.28. The van der Waals surface area contributed by atoms with Gasteiger partial charge in [-0.3, -0.25) is 10.1 Å². The number of rotatable bonds is 4. The summed E-state index contributed by atoms with van der Waals surface area (Å²) in [6.45, 7) is 7.53. The number of nitro groups is 1. The number of nitrogens with zero attached hydrogens (tertiary/aromatic N) is 1. The molecular formula is C11H13NO3. The highest BCUT2D eigenvalue weighted by atomic mass is 16.6. The molecule has 0 atom stereocenters. The Morgan fingerprint density at radius 1 is 1.47 bits per heavy atom. The SMILES string of the molecule is C=CCOc1c(C)cc([N+](=O)[O-])cc1C. The van der Waals surface area contributed by atoms with Crippen molar-refractivity contribution in [3.63, 3.8) is 0 Å². The molecule has 4 nitrogen and oxygen atoms in total. The Kier molecular flexibility index (Phi) is 3.44. The average molecular weight is 207 g/mol. The standard InChI is InChI=1S/C11H13NO3/c1-4-5-15-11-8(2)6-10(12(13)14)7-9(11)3/h4,6-7H,1,5H2,2-3H3. The van der Waals surface area contributed by atoms with E-state index in [-0.39, 0.29) is 5.69 Å². The second-order valence-electron chi connectivity index (χ2n) is 3.27. The van der Waals surface area contributed by atoms with Gasteiger partial charge in [-0.25, -0.2) is 0 Å². The Morgan fingerprint density at radius 3 is 2.40 bits per heavy atom. The summed E-state index contributed by atoms with van der Waals surface area (Å²) < 4.78 is 5.41. The van der Waals surface area contributed by atoms with Gasteiger partial charge in [0.25, 0.3) is 5.69 Å². The highest BCUT2D eigenvalue weighted by Gasteiger charge is 2.12. The third-order valence-corrected chi connectivity index (χ3v) is 2.00. The van der Waals surface area contributed by atoms with Gasteiger partial charge in [0.2, 0.25) is 0 Å². The van der Waals surface area contributed by atoms with Crippen LogP contribution in [0.4, 0.5) is 5.69 Å². The normalized spacial score (nSPS) is 9.73. The van der Waals surface area contributed by atoms with Crippen LogP contribution in [0.15, 0.2) is 24.8 Å². The van der Waals surface area contributed by atoms with Crippen LogP contribution < -0.4 is 4.74 Å². The molecule has 1 aromatic rings. The van der Waals surface area contributed by atoms with E-state index >= 15 is 0 Å². The predicted molar refractivity (Wildman–Crippen MR) is 58.3 cm³/mol. The number of hydrogen-bond acceptors (Lipinski definition) is 3. The summed E-state index contributed by atoms with van der Waals surface area (Å²) in [5.41, 5.74) is 1.63. The number of hydrogen-bond donors (Lipinski definition) is 0. The number of aryl methyl sites for hydroxylation is 2. The second-order valence-corrected chi connectivity index (χ2v) is 3.27. The van der Waals surface area contributed by atoms with Crippen molar-refractivity contribution in [3.05, 3.63) is 46.0 Å². The third-order valence-electron chi connectivity index (χ3n) is 2.00.